The van der Waals surface area contributed by atoms with E-state index in [-0.39, 0.29) is 0 Å². The van der Waals surface area contributed by atoms with Gasteiger partial charge >= 0.3 is 0 Å². The molecule has 1 aliphatic heterocycles. The lowest BCUT2D eigenvalue weighted by Gasteiger charge is -2.36. The van der Waals surface area contributed by atoms with Crippen molar-refractivity contribution < 1.29 is 0 Å². The minimum atomic E-state index is 0.413. The number of aryl methyl sites for hydroxylation is 2. The molecule has 0 spiro atoms. The molecule has 27 heavy (non-hydrogen) atoms. The monoisotopic (exact) mass is 365 g/mol. The molecule has 7 nitrogen and oxygen atoms in total. The average Bonchev–Trinajstić information content (AvgIpc) is 3.31. The zero-order valence-corrected chi connectivity index (χ0v) is 16.3. The maximum absolute atomic E-state index is 4.37. The number of aromatic amines is 1. The highest BCUT2D eigenvalue weighted by Gasteiger charge is 2.25. The third kappa shape index (κ3) is 3.78. The van der Waals surface area contributed by atoms with Gasteiger partial charge in [-0.2, -0.15) is 5.10 Å². The van der Waals surface area contributed by atoms with Crippen LogP contribution in [0.15, 0.2) is 30.6 Å². The van der Waals surface area contributed by atoms with Gasteiger partial charge in [0.25, 0.3) is 0 Å². The van der Waals surface area contributed by atoms with E-state index in [0.29, 0.717) is 12.1 Å². The van der Waals surface area contributed by atoms with E-state index in [0.717, 1.165) is 49.4 Å². The molecule has 4 rings (SSSR count). The van der Waals surface area contributed by atoms with Gasteiger partial charge in [-0.1, -0.05) is 11.3 Å². The highest BCUT2D eigenvalue weighted by molar-refractivity contribution is 5.51. The van der Waals surface area contributed by atoms with Crippen LogP contribution in [0, 0.1) is 13.8 Å². The molecule has 3 aromatic heterocycles. The summed E-state index contributed by atoms with van der Waals surface area (Å²) in [5, 5.41) is 16.1. The van der Waals surface area contributed by atoms with Gasteiger partial charge in [0.05, 0.1) is 23.6 Å². The molecule has 1 fully saturated rings. The van der Waals surface area contributed by atoms with Crippen LogP contribution in [0.25, 0.3) is 11.4 Å². The van der Waals surface area contributed by atoms with Crippen LogP contribution >= 0.6 is 0 Å². The van der Waals surface area contributed by atoms with Crippen LogP contribution in [-0.2, 0) is 6.42 Å². The quantitative estimate of drug-likeness (QED) is 0.752. The second kappa shape index (κ2) is 7.60. The topological polar surface area (TPSA) is 75.5 Å². The van der Waals surface area contributed by atoms with Crippen molar-refractivity contribution in [2.75, 3.05) is 13.1 Å². The largest absolute Gasteiger partial charge is 0.300 e. The van der Waals surface area contributed by atoms with Gasteiger partial charge in [0.1, 0.15) is 5.69 Å². The van der Waals surface area contributed by atoms with Crippen molar-refractivity contribution in [2.45, 2.75) is 52.1 Å². The summed E-state index contributed by atoms with van der Waals surface area (Å²) < 4.78 is 2.02. The molecule has 1 unspecified atom stereocenters. The summed E-state index contributed by atoms with van der Waals surface area (Å²) in [5.41, 5.74) is 5.40. The zero-order valence-electron chi connectivity index (χ0n) is 16.3. The fourth-order valence-electron chi connectivity index (χ4n) is 3.98. The first-order valence-corrected chi connectivity index (χ1v) is 9.69. The molecular weight excluding hydrogens is 338 g/mol. The van der Waals surface area contributed by atoms with Crippen LogP contribution in [0.1, 0.15) is 42.8 Å². The summed E-state index contributed by atoms with van der Waals surface area (Å²) in [4.78, 5) is 6.94. The number of pyridine rings is 1. The predicted octanol–water partition coefficient (Wildman–Crippen LogP) is 2.95. The Morgan fingerprint density at radius 1 is 1.19 bits per heavy atom. The van der Waals surface area contributed by atoms with Crippen LogP contribution < -0.4 is 0 Å². The zero-order chi connectivity index (χ0) is 18.8. The standard InChI is InChI=1S/C20H27N7/c1-14(12-18-15(2)22-23-16(18)3)26-10-7-17(8-11-26)27-13-20(24-25-27)19-6-4-5-9-21-19/h4-6,9,13-14,17H,7-8,10-12H2,1-3H3,(H,22,23). The summed E-state index contributed by atoms with van der Waals surface area (Å²) >= 11 is 0. The van der Waals surface area contributed by atoms with Gasteiger partial charge in [-0.15, -0.1) is 5.10 Å². The molecule has 0 aromatic carbocycles. The molecule has 7 heteroatoms. The van der Waals surface area contributed by atoms with Crippen molar-refractivity contribution in [1.82, 2.24) is 35.1 Å². The Morgan fingerprint density at radius 3 is 2.67 bits per heavy atom. The molecule has 0 bridgehead atoms. The van der Waals surface area contributed by atoms with Gasteiger partial charge in [-0.05, 0) is 57.7 Å². The van der Waals surface area contributed by atoms with Gasteiger partial charge < -0.3 is 4.90 Å². The summed E-state index contributed by atoms with van der Waals surface area (Å²) in [6, 6.07) is 6.79. The molecule has 142 valence electrons. The van der Waals surface area contributed by atoms with E-state index in [4.69, 9.17) is 0 Å². The molecule has 1 saturated heterocycles. The Kier molecular flexibility index (Phi) is 5.03. The first kappa shape index (κ1) is 17.9. The lowest BCUT2D eigenvalue weighted by molar-refractivity contribution is 0.137. The number of aromatic nitrogens is 6. The fourth-order valence-corrected chi connectivity index (χ4v) is 3.98. The molecule has 0 radical (unpaired) electrons. The van der Waals surface area contributed by atoms with Crippen molar-refractivity contribution in [3.8, 4) is 11.4 Å². The second-order valence-electron chi connectivity index (χ2n) is 7.53. The first-order chi connectivity index (χ1) is 13.1. The van der Waals surface area contributed by atoms with Gasteiger partial charge in [0, 0.05) is 31.0 Å². The first-order valence-electron chi connectivity index (χ1n) is 9.69. The Hall–Kier alpha value is -2.54. The number of nitrogens with zero attached hydrogens (tertiary/aromatic N) is 6. The Morgan fingerprint density at radius 2 is 2.00 bits per heavy atom. The van der Waals surface area contributed by atoms with E-state index in [2.05, 4.69) is 51.2 Å². The third-order valence-corrected chi connectivity index (χ3v) is 5.71. The van der Waals surface area contributed by atoms with E-state index in [1.54, 1.807) is 6.20 Å². The number of nitrogens with one attached hydrogen (secondary N) is 1. The summed E-state index contributed by atoms with van der Waals surface area (Å²) in [5.74, 6) is 0. The lowest BCUT2D eigenvalue weighted by atomic mass is 9.99. The van der Waals surface area contributed by atoms with Crippen LogP contribution in [0.2, 0.25) is 0 Å². The second-order valence-corrected chi connectivity index (χ2v) is 7.53. The Labute approximate surface area is 159 Å². The molecular formula is C20H27N7. The Bertz CT molecular complexity index is 855. The minimum absolute atomic E-state index is 0.413. The van der Waals surface area contributed by atoms with Gasteiger partial charge in [0.2, 0.25) is 0 Å². The van der Waals surface area contributed by atoms with E-state index >= 15 is 0 Å². The molecule has 1 N–H and O–H groups in total. The maximum atomic E-state index is 4.37. The van der Waals surface area contributed by atoms with Crippen LogP contribution in [0.5, 0.6) is 0 Å². The molecule has 3 aromatic rings. The highest BCUT2D eigenvalue weighted by atomic mass is 15.4. The fraction of sp³-hybridized carbons (Fsp3) is 0.500. The normalized spacial score (nSPS) is 17.3. The van der Waals surface area contributed by atoms with E-state index < -0.39 is 0 Å². The van der Waals surface area contributed by atoms with E-state index in [9.17, 15) is 0 Å². The predicted molar refractivity (Wildman–Crippen MR) is 104 cm³/mol. The van der Waals surface area contributed by atoms with Crippen LogP contribution in [-0.4, -0.2) is 54.2 Å². The smallest absolute Gasteiger partial charge is 0.131 e. The molecule has 4 heterocycles. The number of hydrogen-bond donors (Lipinski definition) is 1. The van der Waals surface area contributed by atoms with Gasteiger partial charge in [-0.25, -0.2) is 4.68 Å². The average molecular weight is 365 g/mol. The summed E-state index contributed by atoms with van der Waals surface area (Å²) in [7, 11) is 0. The minimum Gasteiger partial charge on any atom is -0.300 e. The molecule has 1 atom stereocenters. The molecule has 0 saturated carbocycles. The Balaban J connectivity index is 1.36. The van der Waals surface area contributed by atoms with Crippen molar-refractivity contribution in [3.05, 3.63) is 47.5 Å². The SMILES string of the molecule is Cc1n[nH]c(C)c1CC(C)N1CCC(n2cc(-c3ccccn3)nn2)CC1. The van der Waals surface area contributed by atoms with Crippen molar-refractivity contribution in [2.24, 2.45) is 0 Å². The molecule has 0 amide bonds. The highest BCUT2D eigenvalue weighted by Crippen LogP contribution is 2.26. The van der Waals surface area contributed by atoms with E-state index in [1.807, 2.05) is 29.1 Å². The number of hydrogen-bond acceptors (Lipinski definition) is 5. The van der Waals surface area contributed by atoms with Crippen molar-refractivity contribution in [1.29, 1.82) is 0 Å². The number of H-pyrrole nitrogens is 1. The lowest BCUT2D eigenvalue weighted by Crippen LogP contribution is -2.41. The summed E-state index contributed by atoms with van der Waals surface area (Å²) in [6.45, 7) is 8.68. The molecule has 1 aliphatic rings. The van der Waals surface area contributed by atoms with Gasteiger partial charge in [0.15, 0.2) is 0 Å². The van der Waals surface area contributed by atoms with Crippen LogP contribution in [0.3, 0.4) is 0 Å². The van der Waals surface area contributed by atoms with E-state index in [1.165, 1.54) is 11.3 Å². The summed E-state index contributed by atoms with van der Waals surface area (Å²) in [6.07, 6.45) is 7.06. The number of piperidine rings is 1. The van der Waals surface area contributed by atoms with Crippen molar-refractivity contribution in [3.63, 3.8) is 0 Å². The maximum Gasteiger partial charge on any atom is 0.131 e. The van der Waals surface area contributed by atoms with Gasteiger partial charge in [-0.3, -0.25) is 10.1 Å². The van der Waals surface area contributed by atoms with Crippen LogP contribution in [0.4, 0.5) is 0 Å². The third-order valence-electron chi connectivity index (χ3n) is 5.71. The number of likely N-dealkylation sites (tertiary alicyclic amines) is 1. The van der Waals surface area contributed by atoms with Crippen molar-refractivity contribution >= 4 is 0 Å². The number of rotatable bonds is 5. The molecule has 0 aliphatic carbocycles.